The molecule has 0 radical (unpaired) electrons. The van der Waals surface area contributed by atoms with Gasteiger partial charge < -0.3 is 20.2 Å². The number of fused-ring (bicyclic) bond motifs is 1. The Morgan fingerprint density at radius 1 is 1.10 bits per heavy atom. The number of aliphatic carboxylic acids is 1. The molecule has 0 aromatic rings. The maximum absolute atomic E-state index is 12.7. The van der Waals surface area contributed by atoms with Gasteiger partial charge in [-0.1, -0.05) is 6.42 Å². The highest BCUT2D eigenvalue weighted by molar-refractivity contribution is 5.84. The number of carboxylic acid groups (broad SMARTS) is 1. The summed E-state index contributed by atoms with van der Waals surface area (Å²) in [5.41, 5.74) is 0. The smallest absolute Gasteiger partial charge is 0.326 e. The van der Waals surface area contributed by atoms with Gasteiger partial charge in [0.05, 0.1) is 0 Å². The molecule has 20 heavy (non-hydrogen) atoms. The molecular weight excluding hydrogens is 258 g/mol. The fraction of sp³-hybridized carbons (Fsp3) is 0.857. The van der Waals surface area contributed by atoms with Gasteiger partial charge in [-0.25, -0.2) is 9.59 Å². The molecule has 2 heterocycles. The Labute approximate surface area is 119 Å². The van der Waals surface area contributed by atoms with Crippen LogP contribution in [0.4, 0.5) is 4.79 Å². The van der Waals surface area contributed by atoms with E-state index in [-0.39, 0.29) is 11.9 Å². The standard InChI is InChI=1S/C14H23N3O3/c18-13(19)12-11-4-1-3-10(11)9-17(12)14(20)16-7-2-5-15-6-8-16/h10-12,15H,1-9H2,(H,18,19). The molecule has 6 nitrogen and oxygen atoms in total. The molecule has 0 aromatic heterocycles. The minimum absolute atomic E-state index is 0.0736. The lowest BCUT2D eigenvalue weighted by Gasteiger charge is -2.30. The van der Waals surface area contributed by atoms with Crippen LogP contribution >= 0.6 is 0 Å². The molecule has 3 rings (SSSR count). The predicted molar refractivity (Wildman–Crippen MR) is 73.4 cm³/mol. The van der Waals surface area contributed by atoms with Crippen molar-refractivity contribution < 1.29 is 14.7 Å². The van der Waals surface area contributed by atoms with Crippen LogP contribution < -0.4 is 5.32 Å². The minimum Gasteiger partial charge on any atom is -0.480 e. The third-order valence-corrected chi connectivity index (χ3v) is 5.00. The molecule has 112 valence electrons. The van der Waals surface area contributed by atoms with Crippen LogP contribution in [-0.4, -0.2) is 65.7 Å². The van der Waals surface area contributed by atoms with Gasteiger partial charge in [-0.2, -0.15) is 0 Å². The van der Waals surface area contributed by atoms with Gasteiger partial charge in [0.2, 0.25) is 0 Å². The quantitative estimate of drug-likeness (QED) is 0.738. The SMILES string of the molecule is O=C(O)C1C2CCCC2CN1C(=O)N1CCCNCC1. The van der Waals surface area contributed by atoms with Crippen LogP contribution in [0.5, 0.6) is 0 Å². The normalized spacial score (nSPS) is 33.9. The molecule has 2 amide bonds. The molecule has 0 aromatic carbocycles. The average Bonchev–Trinajstić information content (AvgIpc) is 2.88. The summed E-state index contributed by atoms with van der Waals surface area (Å²) < 4.78 is 0. The van der Waals surface area contributed by atoms with E-state index in [1.54, 1.807) is 4.90 Å². The van der Waals surface area contributed by atoms with Crippen molar-refractivity contribution in [3.8, 4) is 0 Å². The first-order valence-corrected chi connectivity index (χ1v) is 7.67. The summed E-state index contributed by atoms with van der Waals surface area (Å²) in [6.45, 7) is 3.76. The number of carbonyl (C=O) groups excluding carboxylic acids is 1. The molecule has 6 heteroatoms. The number of carbonyl (C=O) groups is 2. The van der Waals surface area contributed by atoms with Gasteiger partial charge in [-0.15, -0.1) is 0 Å². The van der Waals surface area contributed by atoms with E-state index in [1.807, 2.05) is 4.90 Å². The van der Waals surface area contributed by atoms with Crippen molar-refractivity contribution in [1.29, 1.82) is 0 Å². The highest BCUT2D eigenvalue weighted by Gasteiger charge is 2.50. The lowest BCUT2D eigenvalue weighted by molar-refractivity contribution is -0.142. The van der Waals surface area contributed by atoms with Crippen molar-refractivity contribution in [2.45, 2.75) is 31.7 Å². The van der Waals surface area contributed by atoms with Crippen LogP contribution in [0, 0.1) is 11.8 Å². The fourth-order valence-corrected chi connectivity index (χ4v) is 4.04. The second kappa shape index (κ2) is 5.60. The van der Waals surface area contributed by atoms with Gasteiger partial charge in [-0.3, -0.25) is 0 Å². The van der Waals surface area contributed by atoms with E-state index in [0.717, 1.165) is 45.3 Å². The van der Waals surface area contributed by atoms with E-state index < -0.39 is 12.0 Å². The van der Waals surface area contributed by atoms with Gasteiger partial charge in [0, 0.05) is 26.2 Å². The second-order valence-corrected chi connectivity index (χ2v) is 6.16. The van der Waals surface area contributed by atoms with Crippen LogP contribution in [0.15, 0.2) is 0 Å². The molecule has 2 N–H and O–H groups in total. The Bertz CT molecular complexity index is 393. The number of likely N-dealkylation sites (tertiary alicyclic amines) is 1. The maximum Gasteiger partial charge on any atom is 0.326 e. The van der Waals surface area contributed by atoms with E-state index >= 15 is 0 Å². The van der Waals surface area contributed by atoms with Crippen LogP contribution in [0.25, 0.3) is 0 Å². The fourth-order valence-electron chi connectivity index (χ4n) is 4.04. The summed E-state index contributed by atoms with van der Waals surface area (Å²) in [5, 5.41) is 12.8. The number of nitrogens with one attached hydrogen (secondary N) is 1. The van der Waals surface area contributed by atoms with Crippen molar-refractivity contribution in [1.82, 2.24) is 15.1 Å². The molecule has 1 aliphatic carbocycles. The molecule has 3 atom stereocenters. The van der Waals surface area contributed by atoms with Crippen molar-refractivity contribution >= 4 is 12.0 Å². The number of hydrogen-bond acceptors (Lipinski definition) is 3. The summed E-state index contributed by atoms with van der Waals surface area (Å²) in [5.74, 6) is -0.271. The van der Waals surface area contributed by atoms with Crippen molar-refractivity contribution in [3.05, 3.63) is 0 Å². The Balaban J connectivity index is 1.74. The lowest BCUT2D eigenvalue weighted by Crippen LogP contribution is -2.50. The largest absolute Gasteiger partial charge is 0.480 e. The van der Waals surface area contributed by atoms with Gasteiger partial charge in [-0.05, 0) is 37.6 Å². The second-order valence-electron chi connectivity index (χ2n) is 6.16. The molecule has 0 bridgehead atoms. The van der Waals surface area contributed by atoms with Crippen LogP contribution in [0.1, 0.15) is 25.7 Å². The summed E-state index contributed by atoms with van der Waals surface area (Å²) in [4.78, 5) is 27.7. The first-order valence-electron chi connectivity index (χ1n) is 7.67. The van der Waals surface area contributed by atoms with E-state index in [2.05, 4.69) is 5.32 Å². The molecule has 1 saturated carbocycles. The number of urea groups is 1. The van der Waals surface area contributed by atoms with Crippen molar-refractivity contribution in [2.75, 3.05) is 32.7 Å². The van der Waals surface area contributed by atoms with Crippen molar-refractivity contribution in [3.63, 3.8) is 0 Å². The van der Waals surface area contributed by atoms with Crippen LogP contribution in [0.3, 0.4) is 0 Å². The molecule has 3 aliphatic rings. The first-order chi connectivity index (χ1) is 9.68. The zero-order valence-corrected chi connectivity index (χ0v) is 11.8. The Morgan fingerprint density at radius 2 is 1.95 bits per heavy atom. The van der Waals surface area contributed by atoms with E-state index in [1.165, 1.54) is 0 Å². The van der Waals surface area contributed by atoms with Crippen LogP contribution in [0.2, 0.25) is 0 Å². The van der Waals surface area contributed by atoms with Gasteiger partial charge in [0.25, 0.3) is 0 Å². The summed E-state index contributed by atoms with van der Waals surface area (Å²) in [6.07, 6.45) is 4.06. The zero-order chi connectivity index (χ0) is 14.1. The number of nitrogens with zero attached hydrogens (tertiary/aromatic N) is 2. The molecule has 3 fully saturated rings. The van der Waals surface area contributed by atoms with Gasteiger partial charge in [0.1, 0.15) is 6.04 Å². The van der Waals surface area contributed by atoms with Gasteiger partial charge >= 0.3 is 12.0 Å². The first kappa shape index (κ1) is 13.7. The van der Waals surface area contributed by atoms with Crippen LogP contribution in [-0.2, 0) is 4.79 Å². The third kappa shape index (κ3) is 2.37. The lowest BCUT2D eigenvalue weighted by atomic mass is 9.94. The Hall–Kier alpha value is -1.30. The molecular formula is C14H23N3O3. The molecule has 0 spiro atoms. The minimum atomic E-state index is -0.833. The number of hydrogen-bond donors (Lipinski definition) is 2. The molecule has 2 saturated heterocycles. The number of rotatable bonds is 1. The zero-order valence-electron chi connectivity index (χ0n) is 11.8. The monoisotopic (exact) mass is 281 g/mol. The third-order valence-electron chi connectivity index (χ3n) is 5.00. The maximum atomic E-state index is 12.7. The van der Waals surface area contributed by atoms with Crippen molar-refractivity contribution in [2.24, 2.45) is 11.8 Å². The summed E-state index contributed by atoms with van der Waals surface area (Å²) in [7, 11) is 0. The predicted octanol–water partition coefficient (Wildman–Crippen LogP) is 0.587. The van der Waals surface area contributed by atoms with E-state index in [9.17, 15) is 14.7 Å². The Morgan fingerprint density at radius 3 is 2.75 bits per heavy atom. The highest BCUT2D eigenvalue weighted by atomic mass is 16.4. The van der Waals surface area contributed by atoms with E-state index in [4.69, 9.17) is 0 Å². The van der Waals surface area contributed by atoms with Gasteiger partial charge in [0.15, 0.2) is 0 Å². The van der Waals surface area contributed by atoms with E-state index in [0.29, 0.717) is 19.0 Å². The molecule has 3 unspecified atom stereocenters. The topological polar surface area (TPSA) is 72.9 Å². The number of amides is 2. The average molecular weight is 281 g/mol. The summed E-state index contributed by atoms with van der Waals surface area (Å²) in [6, 6.07) is -0.679. The molecule has 2 aliphatic heterocycles. The summed E-state index contributed by atoms with van der Waals surface area (Å²) >= 11 is 0. The highest BCUT2D eigenvalue weighted by Crippen LogP contribution is 2.42. The Kier molecular flexibility index (Phi) is 3.83. The number of carboxylic acids is 1.